The molecule has 0 aliphatic carbocycles. The monoisotopic (exact) mass is 706 g/mol. The fourth-order valence-corrected chi connectivity index (χ4v) is 7.94. The van der Waals surface area contributed by atoms with Crippen molar-refractivity contribution in [2.75, 3.05) is 0 Å². The van der Waals surface area contributed by atoms with Gasteiger partial charge in [-0.3, -0.25) is 0 Å². The van der Waals surface area contributed by atoms with Crippen LogP contribution < -0.4 is 11.1 Å². The summed E-state index contributed by atoms with van der Waals surface area (Å²) in [7, 11) is 0. The highest BCUT2D eigenvalue weighted by Crippen LogP contribution is 2.44. The first-order valence-electron chi connectivity index (χ1n) is 17.5. The Balaban J connectivity index is 1.39. The molecule has 0 amide bonds. The zero-order chi connectivity index (χ0) is 35.3. The molecule has 4 heteroatoms. The molecule has 0 aliphatic heterocycles. The van der Waals surface area contributed by atoms with E-state index in [-0.39, 0.29) is 0 Å². The second-order valence-corrected chi connectivity index (χ2v) is 14.1. The summed E-state index contributed by atoms with van der Waals surface area (Å²) in [6.45, 7) is 0.740. The van der Waals surface area contributed by atoms with Crippen molar-refractivity contribution in [2.45, 2.75) is 12.3 Å². The summed E-state index contributed by atoms with van der Waals surface area (Å²) in [4.78, 5) is 0. The van der Waals surface area contributed by atoms with Crippen molar-refractivity contribution >= 4 is 56.7 Å². The summed E-state index contributed by atoms with van der Waals surface area (Å²) < 4.78 is 0. The van der Waals surface area contributed by atoms with Crippen LogP contribution in [0.2, 0.25) is 0 Å². The van der Waals surface area contributed by atoms with Crippen molar-refractivity contribution in [2.24, 2.45) is 5.73 Å². The van der Waals surface area contributed by atoms with Gasteiger partial charge in [-0.2, -0.15) is 0 Å². The molecule has 0 saturated carbocycles. The van der Waals surface area contributed by atoms with Gasteiger partial charge in [0, 0.05) is 24.7 Å². The summed E-state index contributed by atoms with van der Waals surface area (Å²) in [5.74, 6) is 0.875. The molecule has 0 atom stereocenters. The van der Waals surface area contributed by atoms with Crippen LogP contribution >= 0.6 is 24.4 Å². The Morgan fingerprint density at radius 1 is 0.481 bits per heavy atom. The molecule has 8 aromatic rings. The minimum atomic E-state index is 0.740. The molecule has 52 heavy (non-hydrogen) atoms. The zero-order valence-corrected chi connectivity index (χ0v) is 30.4. The van der Waals surface area contributed by atoms with Gasteiger partial charge in [0.25, 0.3) is 0 Å². The van der Waals surface area contributed by atoms with Gasteiger partial charge in [-0.15, -0.1) is 24.4 Å². The molecular weight excluding hydrogens is 669 g/mol. The normalized spacial score (nSPS) is 11.7. The Hall–Kier alpha value is -5.68. The molecule has 0 radical (unpaired) electrons. The van der Waals surface area contributed by atoms with Crippen molar-refractivity contribution in [1.82, 2.24) is 5.32 Å². The number of thiol groups is 1. The number of rotatable bonds is 10. The lowest BCUT2D eigenvalue weighted by Crippen LogP contribution is -2.03. The number of fused-ring (bicyclic) bond motifs is 6. The highest BCUT2D eigenvalue weighted by Gasteiger charge is 2.16. The van der Waals surface area contributed by atoms with Crippen LogP contribution in [0.5, 0.6) is 0 Å². The van der Waals surface area contributed by atoms with Crippen LogP contribution in [0.1, 0.15) is 11.1 Å². The van der Waals surface area contributed by atoms with Crippen molar-refractivity contribution < 1.29 is 0 Å². The first kappa shape index (κ1) is 33.5. The van der Waals surface area contributed by atoms with E-state index in [0.717, 1.165) is 12.3 Å². The van der Waals surface area contributed by atoms with Crippen molar-refractivity contribution in [1.29, 1.82) is 0 Å². The number of hydrogen-bond acceptors (Lipinski definition) is 4. The molecule has 0 saturated heterocycles. The summed E-state index contributed by atoms with van der Waals surface area (Å²) in [6.07, 6.45) is 3.46. The lowest BCUT2D eigenvalue weighted by atomic mass is 9.85. The largest absolute Gasteiger partial charge is 0.404 e. The average Bonchev–Trinajstić information content (AvgIpc) is 3.21. The van der Waals surface area contributed by atoms with Crippen LogP contribution in [0.4, 0.5) is 0 Å². The highest BCUT2D eigenvalue weighted by molar-refractivity contribution is 8.01. The zero-order valence-electron chi connectivity index (χ0n) is 28.7. The Kier molecular flexibility index (Phi) is 9.84. The number of hydrogen-bond donors (Lipinski definition) is 3. The molecule has 0 bridgehead atoms. The fourth-order valence-electron chi connectivity index (χ4n) is 7.25. The first-order chi connectivity index (χ1) is 25.7. The van der Waals surface area contributed by atoms with Crippen molar-refractivity contribution in [3.63, 3.8) is 0 Å². The summed E-state index contributed by atoms with van der Waals surface area (Å²) in [6, 6.07) is 58.0. The van der Waals surface area contributed by atoms with E-state index in [1.165, 1.54) is 88.0 Å². The lowest BCUT2D eigenvalue weighted by molar-refractivity contribution is 0.872. The van der Waals surface area contributed by atoms with Gasteiger partial charge in [0.15, 0.2) is 0 Å². The minimum Gasteiger partial charge on any atom is -0.404 e. The Labute approximate surface area is 315 Å². The van der Waals surface area contributed by atoms with Gasteiger partial charge in [-0.25, -0.2) is 0 Å². The molecule has 3 N–H and O–H groups in total. The molecule has 8 aromatic carbocycles. The standard InChI is InChI=1S/C48H38N2S2/c49-21-24-52-32-34-10-8-16-38(26-34)40-18-20-42-41-19-17-39(37-15-7-9-33(25-37)31-50-22-23-51)27-45(41)47-29-43(35-11-3-1-4-12-35)44(30-48(47)46(42)28-40)36-13-5-2-6-14-36/h1-30,50-51H,31-32,49H2/b23-22-,24-21-. The van der Waals surface area contributed by atoms with Crippen LogP contribution in [0.3, 0.4) is 0 Å². The van der Waals surface area contributed by atoms with Crippen molar-refractivity contribution in [3.8, 4) is 44.5 Å². The SMILES string of the molecule is N/C=C\SCc1cccc(-c2ccc3c4ccc(-c5cccc(CN/C=C\S)c5)cc4c4cc(-c5ccccc5)c(-c5ccccc5)cc4c3c2)c1. The van der Waals surface area contributed by atoms with Gasteiger partial charge < -0.3 is 11.1 Å². The van der Waals surface area contributed by atoms with Crippen LogP contribution in [0, 0.1) is 0 Å². The van der Waals surface area contributed by atoms with Gasteiger partial charge in [-0.05, 0) is 129 Å². The third-order valence-corrected chi connectivity index (χ3v) is 10.7. The van der Waals surface area contributed by atoms with E-state index >= 15 is 0 Å². The molecule has 0 fully saturated rings. The van der Waals surface area contributed by atoms with E-state index in [1.54, 1.807) is 23.4 Å². The van der Waals surface area contributed by atoms with Crippen molar-refractivity contribution in [3.05, 3.63) is 192 Å². The quantitative estimate of drug-likeness (QED) is 0.0979. The maximum absolute atomic E-state index is 5.60. The van der Waals surface area contributed by atoms with Crippen LogP contribution in [-0.4, -0.2) is 0 Å². The first-order valence-corrected chi connectivity index (χ1v) is 19.0. The Bertz CT molecular complexity index is 2410. The number of nitrogens with one attached hydrogen (secondary N) is 1. The van der Waals surface area contributed by atoms with E-state index in [0.29, 0.717) is 0 Å². The third kappa shape index (κ3) is 6.83. The van der Waals surface area contributed by atoms with E-state index in [4.69, 9.17) is 5.73 Å². The topological polar surface area (TPSA) is 38.0 Å². The molecule has 0 unspecified atom stereocenters. The van der Waals surface area contributed by atoms with Gasteiger partial charge >= 0.3 is 0 Å². The van der Waals surface area contributed by atoms with E-state index in [2.05, 4.69) is 176 Å². The lowest BCUT2D eigenvalue weighted by Gasteiger charge is -2.18. The van der Waals surface area contributed by atoms with Crippen LogP contribution in [0.15, 0.2) is 181 Å². The predicted molar refractivity (Wildman–Crippen MR) is 230 cm³/mol. The average molecular weight is 707 g/mol. The second-order valence-electron chi connectivity index (χ2n) is 12.9. The predicted octanol–water partition coefficient (Wildman–Crippen LogP) is 13.0. The highest BCUT2D eigenvalue weighted by atomic mass is 32.2. The molecular formula is C48H38N2S2. The third-order valence-electron chi connectivity index (χ3n) is 9.68. The fraction of sp³-hybridized carbons (Fsp3) is 0.0417. The summed E-state index contributed by atoms with van der Waals surface area (Å²) >= 11 is 5.89. The molecule has 0 spiro atoms. The Morgan fingerprint density at radius 2 is 0.962 bits per heavy atom. The van der Waals surface area contributed by atoms with E-state index in [9.17, 15) is 0 Å². The Morgan fingerprint density at radius 3 is 1.50 bits per heavy atom. The van der Waals surface area contributed by atoms with Gasteiger partial charge in [0.05, 0.1) is 0 Å². The van der Waals surface area contributed by atoms with E-state index in [1.807, 2.05) is 11.6 Å². The number of nitrogens with two attached hydrogens (primary N) is 1. The molecule has 252 valence electrons. The van der Waals surface area contributed by atoms with Crippen LogP contribution in [0.25, 0.3) is 76.8 Å². The molecule has 2 nitrogen and oxygen atoms in total. The number of benzene rings is 8. The summed E-state index contributed by atoms with van der Waals surface area (Å²) in [5, 5.41) is 14.5. The minimum absolute atomic E-state index is 0.740. The maximum atomic E-state index is 5.60. The molecule has 0 aromatic heterocycles. The maximum Gasteiger partial charge on any atom is 0.0395 e. The summed E-state index contributed by atoms with van der Waals surface area (Å²) in [5.41, 5.74) is 17.8. The van der Waals surface area contributed by atoms with E-state index < -0.39 is 0 Å². The molecule has 0 aliphatic rings. The smallest absolute Gasteiger partial charge is 0.0395 e. The number of thioether (sulfide) groups is 1. The molecule has 0 heterocycles. The molecule has 8 rings (SSSR count). The van der Waals surface area contributed by atoms with Gasteiger partial charge in [-0.1, -0.05) is 127 Å². The van der Waals surface area contributed by atoms with Gasteiger partial charge in [0.2, 0.25) is 0 Å². The van der Waals surface area contributed by atoms with Gasteiger partial charge in [0.1, 0.15) is 0 Å². The van der Waals surface area contributed by atoms with Crippen LogP contribution in [-0.2, 0) is 12.3 Å². The second kappa shape index (κ2) is 15.3.